The lowest BCUT2D eigenvalue weighted by Gasteiger charge is -2.03. The van der Waals surface area contributed by atoms with E-state index in [9.17, 15) is 9.18 Å². The minimum Gasteiger partial charge on any atom is -0.478 e. The zero-order valence-corrected chi connectivity index (χ0v) is 9.38. The van der Waals surface area contributed by atoms with Gasteiger partial charge in [0.2, 0.25) is 0 Å². The monoisotopic (exact) mass is 243 g/mol. The summed E-state index contributed by atoms with van der Waals surface area (Å²) in [5, 5.41) is 9.16. The van der Waals surface area contributed by atoms with Crippen LogP contribution in [0.15, 0.2) is 48.8 Å². The molecule has 2 aromatic rings. The number of carbonyl (C=O) groups is 1. The van der Waals surface area contributed by atoms with Crippen molar-refractivity contribution >= 4 is 17.6 Å². The van der Waals surface area contributed by atoms with Gasteiger partial charge in [0, 0.05) is 23.5 Å². The van der Waals surface area contributed by atoms with Gasteiger partial charge in [0.05, 0.1) is 5.57 Å². The molecule has 0 saturated carbocycles. The SMILES string of the molecule is O=C(O)C(=Cc1ccccc1F)c1cccnc1. The van der Waals surface area contributed by atoms with Gasteiger partial charge in [-0.2, -0.15) is 0 Å². The second-order valence-corrected chi connectivity index (χ2v) is 3.63. The Hall–Kier alpha value is -2.49. The Morgan fingerprint density at radius 3 is 2.61 bits per heavy atom. The summed E-state index contributed by atoms with van der Waals surface area (Å²) in [5.74, 6) is -1.58. The van der Waals surface area contributed by atoms with Gasteiger partial charge in [0.15, 0.2) is 0 Å². The first-order valence-electron chi connectivity index (χ1n) is 5.28. The number of rotatable bonds is 3. The lowest BCUT2D eigenvalue weighted by molar-refractivity contribution is -0.130. The number of hydrogen-bond donors (Lipinski definition) is 1. The smallest absolute Gasteiger partial charge is 0.336 e. The van der Waals surface area contributed by atoms with E-state index in [0.29, 0.717) is 5.56 Å². The van der Waals surface area contributed by atoms with Crippen LogP contribution in [0, 0.1) is 5.82 Å². The maximum absolute atomic E-state index is 13.5. The molecular formula is C14H10FNO2. The number of nitrogens with zero attached hydrogens (tertiary/aromatic N) is 1. The first-order valence-corrected chi connectivity index (χ1v) is 5.28. The van der Waals surface area contributed by atoms with Crippen molar-refractivity contribution < 1.29 is 14.3 Å². The number of carboxylic acid groups (broad SMARTS) is 1. The van der Waals surface area contributed by atoms with E-state index >= 15 is 0 Å². The molecule has 1 aromatic heterocycles. The first-order chi connectivity index (χ1) is 8.68. The summed E-state index contributed by atoms with van der Waals surface area (Å²) < 4.78 is 13.5. The minimum atomic E-state index is -1.12. The van der Waals surface area contributed by atoms with Crippen molar-refractivity contribution in [2.45, 2.75) is 0 Å². The van der Waals surface area contributed by atoms with Crippen LogP contribution < -0.4 is 0 Å². The van der Waals surface area contributed by atoms with Crippen LogP contribution in [-0.2, 0) is 4.79 Å². The average molecular weight is 243 g/mol. The summed E-state index contributed by atoms with van der Waals surface area (Å²) in [6.45, 7) is 0. The molecule has 2 rings (SSSR count). The molecule has 0 fully saturated rings. The highest BCUT2D eigenvalue weighted by Crippen LogP contribution is 2.19. The van der Waals surface area contributed by atoms with Crippen molar-refractivity contribution in [3.8, 4) is 0 Å². The van der Waals surface area contributed by atoms with Crippen molar-refractivity contribution in [3.05, 3.63) is 65.7 Å². The third-order valence-corrected chi connectivity index (χ3v) is 2.41. The molecule has 0 spiro atoms. The number of aromatic nitrogens is 1. The molecule has 0 amide bonds. The Morgan fingerprint density at radius 1 is 1.22 bits per heavy atom. The predicted octanol–water partition coefficient (Wildman–Crippen LogP) is 2.85. The molecule has 0 radical (unpaired) electrons. The molecule has 1 aromatic carbocycles. The number of pyridine rings is 1. The van der Waals surface area contributed by atoms with Crippen LogP contribution in [0.5, 0.6) is 0 Å². The molecule has 0 aliphatic carbocycles. The number of halogens is 1. The van der Waals surface area contributed by atoms with Crippen LogP contribution in [0.3, 0.4) is 0 Å². The summed E-state index contributed by atoms with van der Waals surface area (Å²) in [6.07, 6.45) is 4.28. The summed E-state index contributed by atoms with van der Waals surface area (Å²) >= 11 is 0. The maximum Gasteiger partial charge on any atom is 0.336 e. The van der Waals surface area contributed by atoms with Gasteiger partial charge >= 0.3 is 5.97 Å². The fourth-order valence-corrected chi connectivity index (χ4v) is 1.54. The molecule has 18 heavy (non-hydrogen) atoms. The van der Waals surface area contributed by atoms with E-state index in [1.165, 1.54) is 24.4 Å². The van der Waals surface area contributed by atoms with E-state index in [4.69, 9.17) is 5.11 Å². The minimum absolute atomic E-state index is 0.00759. The Labute approximate surface area is 103 Å². The van der Waals surface area contributed by atoms with Gasteiger partial charge in [-0.3, -0.25) is 4.98 Å². The topological polar surface area (TPSA) is 50.2 Å². The third kappa shape index (κ3) is 2.60. The van der Waals surface area contributed by atoms with E-state index in [1.54, 1.807) is 30.5 Å². The molecule has 0 unspecified atom stereocenters. The van der Waals surface area contributed by atoms with E-state index < -0.39 is 11.8 Å². The third-order valence-electron chi connectivity index (χ3n) is 2.41. The van der Waals surface area contributed by atoms with Gasteiger partial charge in [-0.1, -0.05) is 24.3 Å². The number of hydrogen-bond acceptors (Lipinski definition) is 2. The van der Waals surface area contributed by atoms with Gasteiger partial charge in [-0.25, -0.2) is 9.18 Å². The van der Waals surface area contributed by atoms with Crippen LogP contribution in [-0.4, -0.2) is 16.1 Å². The van der Waals surface area contributed by atoms with Crippen LogP contribution in [0.4, 0.5) is 4.39 Å². The van der Waals surface area contributed by atoms with Crippen molar-refractivity contribution in [1.29, 1.82) is 0 Å². The zero-order chi connectivity index (χ0) is 13.0. The maximum atomic E-state index is 13.5. The highest BCUT2D eigenvalue weighted by Gasteiger charge is 2.11. The molecule has 4 heteroatoms. The number of benzene rings is 1. The van der Waals surface area contributed by atoms with Gasteiger partial charge in [0.1, 0.15) is 5.82 Å². The molecule has 0 atom stereocenters. The van der Waals surface area contributed by atoms with Crippen LogP contribution in [0.2, 0.25) is 0 Å². The molecule has 1 heterocycles. The fourth-order valence-electron chi connectivity index (χ4n) is 1.54. The van der Waals surface area contributed by atoms with Crippen LogP contribution in [0.1, 0.15) is 11.1 Å². The van der Waals surface area contributed by atoms with Gasteiger partial charge < -0.3 is 5.11 Å². The lowest BCUT2D eigenvalue weighted by Crippen LogP contribution is -2.00. The van der Waals surface area contributed by atoms with Crippen molar-refractivity contribution in [2.24, 2.45) is 0 Å². The summed E-state index contributed by atoms with van der Waals surface area (Å²) in [6, 6.07) is 9.26. The molecule has 1 N–H and O–H groups in total. The Balaban J connectivity index is 2.50. The zero-order valence-electron chi connectivity index (χ0n) is 9.38. The van der Waals surface area contributed by atoms with E-state index in [2.05, 4.69) is 4.98 Å². The van der Waals surface area contributed by atoms with Crippen molar-refractivity contribution in [2.75, 3.05) is 0 Å². The second kappa shape index (κ2) is 5.23. The largest absolute Gasteiger partial charge is 0.478 e. The van der Waals surface area contributed by atoms with Crippen LogP contribution in [0.25, 0.3) is 11.6 Å². The standard InChI is InChI=1S/C14H10FNO2/c15-13-6-2-1-4-10(13)8-12(14(17)18)11-5-3-7-16-9-11/h1-9H,(H,17,18). The average Bonchev–Trinajstić information content (AvgIpc) is 2.38. The molecule has 0 saturated heterocycles. The molecule has 0 bridgehead atoms. The van der Waals surface area contributed by atoms with E-state index in [0.717, 1.165) is 0 Å². The Kier molecular flexibility index (Phi) is 3.48. The van der Waals surface area contributed by atoms with E-state index in [-0.39, 0.29) is 11.1 Å². The lowest BCUT2D eigenvalue weighted by atomic mass is 10.0. The summed E-state index contributed by atoms with van der Waals surface area (Å²) in [7, 11) is 0. The molecule has 0 aliphatic heterocycles. The summed E-state index contributed by atoms with van der Waals surface area (Å²) in [5.41, 5.74) is 0.681. The highest BCUT2D eigenvalue weighted by molar-refractivity contribution is 6.20. The normalized spacial score (nSPS) is 11.3. The van der Waals surface area contributed by atoms with Gasteiger partial charge in [0.25, 0.3) is 0 Å². The highest BCUT2D eigenvalue weighted by atomic mass is 19.1. The van der Waals surface area contributed by atoms with Crippen molar-refractivity contribution in [1.82, 2.24) is 4.98 Å². The first kappa shape index (κ1) is 12.0. The Morgan fingerprint density at radius 2 is 2.00 bits per heavy atom. The quantitative estimate of drug-likeness (QED) is 0.843. The predicted molar refractivity (Wildman–Crippen MR) is 66.1 cm³/mol. The van der Waals surface area contributed by atoms with Crippen LogP contribution >= 0.6 is 0 Å². The Bertz CT molecular complexity index is 594. The number of aliphatic carboxylic acids is 1. The molecule has 90 valence electrons. The van der Waals surface area contributed by atoms with Crippen molar-refractivity contribution in [3.63, 3.8) is 0 Å². The van der Waals surface area contributed by atoms with E-state index in [1.807, 2.05) is 0 Å². The molecular weight excluding hydrogens is 233 g/mol. The number of carboxylic acids is 1. The van der Waals surface area contributed by atoms with Gasteiger partial charge in [-0.15, -0.1) is 0 Å². The molecule has 3 nitrogen and oxygen atoms in total. The van der Waals surface area contributed by atoms with Gasteiger partial charge in [-0.05, 0) is 18.2 Å². The summed E-state index contributed by atoms with van der Waals surface area (Å²) in [4.78, 5) is 15.1. The molecule has 0 aliphatic rings. The second-order valence-electron chi connectivity index (χ2n) is 3.63. The fraction of sp³-hybridized carbons (Fsp3) is 0.